The lowest BCUT2D eigenvalue weighted by Gasteiger charge is -2.22. The molecule has 3 atom stereocenters. The zero-order valence-corrected chi connectivity index (χ0v) is 23.8. The number of unbranched alkanes of at least 4 members (excludes halogenated alkanes) is 16. The molecule has 0 aromatic carbocycles. The van der Waals surface area contributed by atoms with Crippen molar-refractivity contribution in [3.8, 4) is 0 Å². The Hall–Kier alpha value is -0.960. The van der Waals surface area contributed by atoms with E-state index in [1.54, 1.807) is 6.08 Å². The third-order valence-electron chi connectivity index (χ3n) is 6.57. The molecule has 0 aliphatic carbocycles. The average Bonchev–Trinajstić information content (AvgIpc) is 2.82. The monoisotopic (exact) mass is 533 g/mol. The van der Waals surface area contributed by atoms with Crippen molar-refractivity contribution >= 4 is 16.0 Å². The van der Waals surface area contributed by atoms with Crippen LogP contribution < -0.4 is 5.32 Å². The van der Waals surface area contributed by atoms with E-state index in [-0.39, 0.29) is 6.42 Å². The molecule has 0 fully saturated rings. The molecule has 0 aromatic rings. The Bertz CT molecular complexity index is 652. The summed E-state index contributed by atoms with van der Waals surface area (Å²) >= 11 is 0. The highest BCUT2D eigenvalue weighted by atomic mass is 32.2. The third-order valence-corrected chi connectivity index (χ3v) is 7.35. The van der Waals surface area contributed by atoms with Crippen LogP contribution in [0.5, 0.6) is 0 Å². The summed E-state index contributed by atoms with van der Waals surface area (Å²) in [5.41, 5.74) is 0. The van der Waals surface area contributed by atoms with Gasteiger partial charge in [-0.25, -0.2) is 0 Å². The Balaban J connectivity index is 4.27. The number of aliphatic hydroxyl groups is 2. The lowest BCUT2D eigenvalue weighted by molar-refractivity contribution is -0.130. The van der Waals surface area contributed by atoms with E-state index in [9.17, 15) is 28.0 Å². The molecule has 0 heterocycles. The van der Waals surface area contributed by atoms with Gasteiger partial charge in [0, 0.05) is 0 Å². The maximum Gasteiger partial charge on any atom is 0.267 e. The molecular formula is C28H55NO6S. The number of allylic oxidation sites excluding steroid dienone is 1. The van der Waals surface area contributed by atoms with Crippen LogP contribution in [0.1, 0.15) is 136 Å². The van der Waals surface area contributed by atoms with Crippen molar-refractivity contribution in [3.63, 3.8) is 0 Å². The minimum Gasteiger partial charge on any atom is -0.387 e. The van der Waals surface area contributed by atoms with Crippen molar-refractivity contribution in [1.82, 2.24) is 5.32 Å². The molecule has 0 saturated heterocycles. The Morgan fingerprint density at radius 2 is 1.19 bits per heavy atom. The molecule has 0 bridgehead atoms. The van der Waals surface area contributed by atoms with Crippen LogP contribution >= 0.6 is 0 Å². The van der Waals surface area contributed by atoms with Gasteiger partial charge in [-0.05, 0) is 19.3 Å². The predicted molar refractivity (Wildman–Crippen MR) is 149 cm³/mol. The fraction of sp³-hybridized carbons (Fsp3) is 0.893. The van der Waals surface area contributed by atoms with Crippen molar-refractivity contribution in [3.05, 3.63) is 12.2 Å². The lowest BCUT2D eigenvalue weighted by atomic mass is 10.0. The van der Waals surface area contributed by atoms with Gasteiger partial charge in [-0.15, -0.1) is 0 Å². The quantitative estimate of drug-likeness (QED) is 0.0640. The first kappa shape index (κ1) is 35.0. The molecule has 0 rings (SSSR count). The van der Waals surface area contributed by atoms with Crippen LogP contribution in [0, 0.1) is 0 Å². The van der Waals surface area contributed by atoms with Crippen molar-refractivity contribution in [2.45, 2.75) is 154 Å². The van der Waals surface area contributed by atoms with Crippen LogP contribution in [-0.4, -0.2) is 53.1 Å². The molecule has 0 aliphatic rings. The van der Waals surface area contributed by atoms with Gasteiger partial charge < -0.3 is 15.5 Å². The highest BCUT2D eigenvalue weighted by Gasteiger charge is 2.27. The Kier molecular flexibility index (Phi) is 22.6. The van der Waals surface area contributed by atoms with Crippen LogP contribution in [0.4, 0.5) is 0 Å². The second kappa shape index (κ2) is 23.2. The topological polar surface area (TPSA) is 124 Å². The Labute approximate surface area is 221 Å². The highest BCUT2D eigenvalue weighted by molar-refractivity contribution is 7.85. The van der Waals surface area contributed by atoms with Gasteiger partial charge in [0.05, 0.1) is 17.9 Å². The summed E-state index contributed by atoms with van der Waals surface area (Å²) in [7, 11) is -4.42. The fourth-order valence-corrected chi connectivity index (χ4v) is 5.01. The number of carbonyl (C=O) groups is 1. The van der Waals surface area contributed by atoms with Gasteiger partial charge in [-0.2, -0.15) is 8.42 Å². The van der Waals surface area contributed by atoms with Gasteiger partial charge in [0.25, 0.3) is 10.1 Å². The van der Waals surface area contributed by atoms with Crippen molar-refractivity contribution < 1.29 is 28.0 Å². The molecule has 0 spiro atoms. The summed E-state index contributed by atoms with van der Waals surface area (Å²) in [6.07, 6.45) is 21.5. The Morgan fingerprint density at radius 1 is 0.750 bits per heavy atom. The zero-order valence-electron chi connectivity index (χ0n) is 23.0. The van der Waals surface area contributed by atoms with Crippen LogP contribution in [0.15, 0.2) is 12.2 Å². The standard InChI is InChI=1S/C28H55NO6S/c1-3-5-7-9-11-13-14-15-17-19-21-23-27(31)28(32)29-25(24-36(33,34)35)26(30)22-20-18-16-12-10-8-6-4-2/h20,22,25-27,30-31H,3-19,21,23-24H2,1-2H3,(H,29,32)(H,33,34,35)/b22-20+. The molecular weight excluding hydrogens is 478 g/mol. The number of aliphatic hydroxyl groups excluding tert-OH is 2. The van der Waals surface area contributed by atoms with E-state index >= 15 is 0 Å². The van der Waals surface area contributed by atoms with Crippen molar-refractivity contribution in [2.24, 2.45) is 0 Å². The van der Waals surface area contributed by atoms with E-state index in [1.807, 2.05) is 0 Å². The molecule has 8 heteroatoms. The van der Waals surface area contributed by atoms with Crippen LogP contribution in [0.25, 0.3) is 0 Å². The zero-order chi connectivity index (χ0) is 27.1. The summed E-state index contributed by atoms with van der Waals surface area (Å²) in [5, 5.41) is 23.0. The van der Waals surface area contributed by atoms with Gasteiger partial charge in [0.1, 0.15) is 6.10 Å². The third kappa shape index (κ3) is 22.3. The normalized spacial score (nSPS) is 14.7. The average molecular weight is 534 g/mol. The summed E-state index contributed by atoms with van der Waals surface area (Å²) in [6, 6.07) is -1.22. The largest absolute Gasteiger partial charge is 0.387 e. The molecule has 0 radical (unpaired) electrons. The van der Waals surface area contributed by atoms with Gasteiger partial charge in [0.2, 0.25) is 5.91 Å². The maximum atomic E-state index is 12.4. The maximum absolute atomic E-state index is 12.4. The van der Waals surface area contributed by atoms with Crippen LogP contribution in [0.2, 0.25) is 0 Å². The first-order valence-corrected chi connectivity index (χ1v) is 16.1. The van der Waals surface area contributed by atoms with Crippen molar-refractivity contribution in [1.29, 1.82) is 0 Å². The number of hydrogen-bond donors (Lipinski definition) is 4. The van der Waals surface area contributed by atoms with Gasteiger partial charge in [-0.1, -0.05) is 129 Å². The molecule has 7 nitrogen and oxygen atoms in total. The summed E-state index contributed by atoms with van der Waals surface area (Å²) in [6.45, 7) is 4.39. The van der Waals surface area contributed by atoms with E-state index < -0.39 is 40.0 Å². The fourth-order valence-electron chi connectivity index (χ4n) is 4.28. The minimum absolute atomic E-state index is 0.283. The molecule has 4 N–H and O–H groups in total. The molecule has 36 heavy (non-hydrogen) atoms. The SMILES string of the molecule is CCCCCCCC/C=C/C(O)C(CS(=O)(=O)O)NC(=O)C(O)CCCCCCCCCCCCC. The molecule has 214 valence electrons. The first-order chi connectivity index (χ1) is 17.2. The van der Waals surface area contributed by atoms with E-state index in [0.29, 0.717) is 6.42 Å². The summed E-state index contributed by atoms with van der Waals surface area (Å²) < 4.78 is 32.0. The number of rotatable bonds is 25. The second-order valence-electron chi connectivity index (χ2n) is 10.2. The number of amides is 1. The molecule has 0 aliphatic heterocycles. The lowest BCUT2D eigenvalue weighted by Crippen LogP contribution is -2.50. The predicted octanol–water partition coefficient (Wildman–Crippen LogP) is 6.09. The van der Waals surface area contributed by atoms with E-state index in [4.69, 9.17) is 0 Å². The Morgan fingerprint density at radius 3 is 1.67 bits per heavy atom. The molecule has 3 unspecified atom stereocenters. The van der Waals surface area contributed by atoms with Crippen LogP contribution in [-0.2, 0) is 14.9 Å². The van der Waals surface area contributed by atoms with Gasteiger partial charge >= 0.3 is 0 Å². The number of carbonyl (C=O) groups excluding carboxylic acids is 1. The number of hydrogen-bond acceptors (Lipinski definition) is 5. The van der Waals surface area contributed by atoms with E-state index in [0.717, 1.165) is 38.5 Å². The van der Waals surface area contributed by atoms with Crippen molar-refractivity contribution in [2.75, 3.05) is 5.75 Å². The highest BCUT2D eigenvalue weighted by Crippen LogP contribution is 2.13. The van der Waals surface area contributed by atoms with E-state index in [1.165, 1.54) is 76.7 Å². The van der Waals surface area contributed by atoms with Gasteiger partial charge in [0.15, 0.2) is 0 Å². The molecule has 0 saturated carbocycles. The van der Waals surface area contributed by atoms with Crippen LogP contribution in [0.3, 0.4) is 0 Å². The molecule has 1 amide bonds. The molecule has 0 aromatic heterocycles. The summed E-state index contributed by atoms with van der Waals surface area (Å²) in [5.74, 6) is -1.54. The first-order valence-electron chi connectivity index (χ1n) is 14.5. The number of nitrogens with one attached hydrogen (secondary N) is 1. The second-order valence-corrected chi connectivity index (χ2v) is 11.7. The van der Waals surface area contributed by atoms with Gasteiger partial charge in [-0.3, -0.25) is 9.35 Å². The minimum atomic E-state index is -4.42. The van der Waals surface area contributed by atoms with E-state index in [2.05, 4.69) is 19.2 Å². The summed E-state index contributed by atoms with van der Waals surface area (Å²) in [4.78, 5) is 12.4. The smallest absolute Gasteiger partial charge is 0.267 e.